The van der Waals surface area contributed by atoms with Crippen molar-refractivity contribution in [1.82, 2.24) is 15.1 Å². The second-order valence-electron chi connectivity index (χ2n) is 7.27. The maximum Gasteiger partial charge on any atom is 0.151 e. The Balaban J connectivity index is 1.65. The summed E-state index contributed by atoms with van der Waals surface area (Å²) in [7, 11) is -2.93. The van der Waals surface area contributed by atoms with Gasteiger partial charge in [-0.1, -0.05) is 23.8 Å². The molecule has 0 radical (unpaired) electrons. The number of nitrogens with one attached hydrogen (secondary N) is 1. The van der Waals surface area contributed by atoms with Crippen LogP contribution in [-0.2, 0) is 16.4 Å². The Labute approximate surface area is 164 Å². The molecule has 1 saturated heterocycles. The molecule has 7 heteroatoms. The fourth-order valence-electron chi connectivity index (χ4n) is 3.51. The van der Waals surface area contributed by atoms with E-state index in [1.807, 2.05) is 31.3 Å². The summed E-state index contributed by atoms with van der Waals surface area (Å²) in [6.07, 6.45) is 2.55. The summed E-state index contributed by atoms with van der Waals surface area (Å²) < 4.78 is 38.4. The van der Waals surface area contributed by atoms with Crippen molar-refractivity contribution in [2.45, 2.75) is 25.9 Å². The number of benzene rings is 2. The highest BCUT2D eigenvalue weighted by Gasteiger charge is 2.27. The van der Waals surface area contributed by atoms with E-state index in [2.05, 4.69) is 11.4 Å². The van der Waals surface area contributed by atoms with Crippen molar-refractivity contribution < 1.29 is 12.8 Å². The number of hydrogen-bond donors (Lipinski definition) is 1. The lowest BCUT2D eigenvalue weighted by Crippen LogP contribution is -2.29. The highest BCUT2D eigenvalue weighted by Crippen LogP contribution is 2.25. The molecule has 1 fully saturated rings. The molecule has 5 nitrogen and oxygen atoms in total. The Kier molecular flexibility index (Phi) is 5.03. The van der Waals surface area contributed by atoms with Gasteiger partial charge in [0.05, 0.1) is 22.9 Å². The molecule has 28 heavy (non-hydrogen) atoms. The SMILES string of the molecule is Cc1cccc(-c2nn(-c3ccc(F)cc3)cc2CNC2CCS(=O)(=O)C2)c1. The van der Waals surface area contributed by atoms with Gasteiger partial charge in [0.1, 0.15) is 5.82 Å². The number of aromatic nitrogens is 2. The summed E-state index contributed by atoms with van der Waals surface area (Å²) in [6.45, 7) is 2.55. The van der Waals surface area contributed by atoms with E-state index in [4.69, 9.17) is 5.10 Å². The van der Waals surface area contributed by atoms with E-state index in [1.54, 1.807) is 16.8 Å². The number of sulfone groups is 1. The maximum absolute atomic E-state index is 13.3. The molecule has 0 amide bonds. The molecule has 1 aliphatic rings. The van der Waals surface area contributed by atoms with Crippen LogP contribution in [0.25, 0.3) is 16.9 Å². The highest BCUT2D eigenvalue weighted by molar-refractivity contribution is 7.91. The Morgan fingerprint density at radius 1 is 1.21 bits per heavy atom. The van der Waals surface area contributed by atoms with Crippen LogP contribution in [0.1, 0.15) is 17.5 Å². The summed E-state index contributed by atoms with van der Waals surface area (Å²) in [5.41, 5.74) is 4.71. The average Bonchev–Trinajstić information content (AvgIpc) is 3.23. The molecule has 2 aromatic carbocycles. The van der Waals surface area contributed by atoms with Crippen molar-refractivity contribution in [2.24, 2.45) is 0 Å². The Morgan fingerprint density at radius 2 is 2.00 bits per heavy atom. The molecule has 0 bridgehead atoms. The molecule has 0 spiro atoms. The molecule has 0 saturated carbocycles. The zero-order valence-corrected chi connectivity index (χ0v) is 16.4. The van der Waals surface area contributed by atoms with Crippen molar-refractivity contribution in [3.8, 4) is 16.9 Å². The molecule has 146 valence electrons. The van der Waals surface area contributed by atoms with E-state index >= 15 is 0 Å². The lowest BCUT2D eigenvalue weighted by molar-refractivity contribution is 0.554. The average molecular weight is 399 g/mol. The van der Waals surface area contributed by atoms with E-state index in [1.165, 1.54) is 12.1 Å². The van der Waals surface area contributed by atoms with Gasteiger partial charge in [-0.15, -0.1) is 0 Å². The summed E-state index contributed by atoms with van der Waals surface area (Å²) in [4.78, 5) is 0. The van der Waals surface area contributed by atoms with E-state index in [0.29, 0.717) is 13.0 Å². The molecule has 4 rings (SSSR count). The smallest absolute Gasteiger partial charge is 0.151 e. The molecule has 1 aliphatic heterocycles. The molecule has 0 aliphatic carbocycles. The fourth-order valence-corrected chi connectivity index (χ4v) is 5.22. The first-order chi connectivity index (χ1) is 13.4. The normalized spacial score (nSPS) is 18.4. The topological polar surface area (TPSA) is 64.0 Å². The Bertz CT molecular complexity index is 1090. The maximum atomic E-state index is 13.3. The summed E-state index contributed by atoms with van der Waals surface area (Å²) in [5, 5.41) is 8.09. The Hall–Kier alpha value is -2.51. The van der Waals surface area contributed by atoms with Crippen LogP contribution < -0.4 is 5.32 Å². The largest absolute Gasteiger partial charge is 0.309 e. The van der Waals surface area contributed by atoms with Crippen LogP contribution in [0.15, 0.2) is 54.7 Å². The minimum absolute atomic E-state index is 0.0375. The molecular weight excluding hydrogens is 377 g/mol. The van der Waals surface area contributed by atoms with Gasteiger partial charge < -0.3 is 5.32 Å². The summed E-state index contributed by atoms with van der Waals surface area (Å²) in [6, 6.07) is 14.2. The van der Waals surface area contributed by atoms with Gasteiger partial charge in [-0.3, -0.25) is 0 Å². The summed E-state index contributed by atoms with van der Waals surface area (Å²) in [5.74, 6) is 0.127. The van der Waals surface area contributed by atoms with Crippen LogP contribution in [0, 0.1) is 12.7 Å². The van der Waals surface area contributed by atoms with E-state index in [9.17, 15) is 12.8 Å². The van der Waals surface area contributed by atoms with E-state index < -0.39 is 9.84 Å². The van der Waals surface area contributed by atoms with Crippen molar-refractivity contribution in [1.29, 1.82) is 0 Å². The molecule has 2 heterocycles. The third-order valence-corrected chi connectivity index (χ3v) is 6.75. The van der Waals surface area contributed by atoms with Gasteiger partial charge in [-0.05, 0) is 43.7 Å². The number of aryl methyl sites for hydroxylation is 1. The monoisotopic (exact) mass is 399 g/mol. The van der Waals surface area contributed by atoms with Gasteiger partial charge in [0.15, 0.2) is 9.84 Å². The van der Waals surface area contributed by atoms with Crippen LogP contribution in [0.3, 0.4) is 0 Å². The zero-order valence-electron chi connectivity index (χ0n) is 15.6. The standard InChI is InChI=1S/C21H22FN3O2S/c1-15-3-2-4-16(11-15)21-17(12-23-19-9-10-28(26,27)14-19)13-25(24-21)20-7-5-18(22)6-8-20/h2-8,11,13,19,23H,9-10,12,14H2,1H3. The second kappa shape index (κ2) is 7.48. The molecule has 1 atom stereocenters. The van der Waals surface area contributed by atoms with Gasteiger partial charge in [-0.2, -0.15) is 5.10 Å². The van der Waals surface area contributed by atoms with Gasteiger partial charge in [0.25, 0.3) is 0 Å². The van der Waals surface area contributed by atoms with E-state index in [-0.39, 0.29) is 23.4 Å². The van der Waals surface area contributed by atoms with Crippen LogP contribution in [0.4, 0.5) is 4.39 Å². The molecule has 3 aromatic rings. The quantitative estimate of drug-likeness (QED) is 0.715. The van der Waals surface area contributed by atoms with Crippen LogP contribution in [-0.4, -0.2) is 35.7 Å². The third kappa shape index (κ3) is 4.15. The lowest BCUT2D eigenvalue weighted by Gasteiger charge is -2.10. The van der Waals surface area contributed by atoms with Crippen LogP contribution >= 0.6 is 0 Å². The molecular formula is C21H22FN3O2S. The number of hydrogen-bond acceptors (Lipinski definition) is 4. The van der Waals surface area contributed by atoms with Crippen molar-refractivity contribution in [2.75, 3.05) is 11.5 Å². The predicted octanol–water partition coefficient (Wildman–Crippen LogP) is 3.26. The van der Waals surface area contributed by atoms with Gasteiger partial charge in [0, 0.05) is 29.9 Å². The second-order valence-corrected chi connectivity index (χ2v) is 9.50. The highest BCUT2D eigenvalue weighted by atomic mass is 32.2. The minimum atomic E-state index is -2.93. The first kappa shape index (κ1) is 18.8. The first-order valence-electron chi connectivity index (χ1n) is 9.25. The predicted molar refractivity (Wildman–Crippen MR) is 108 cm³/mol. The first-order valence-corrected chi connectivity index (χ1v) is 11.1. The van der Waals surface area contributed by atoms with Gasteiger partial charge in [-0.25, -0.2) is 17.5 Å². The lowest BCUT2D eigenvalue weighted by atomic mass is 10.1. The van der Waals surface area contributed by atoms with Crippen LogP contribution in [0.5, 0.6) is 0 Å². The summed E-state index contributed by atoms with van der Waals surface area (Å²) >= 11 is 0. The van der Waals surface area contributed by atoms with Crippen molar-refractivity contribution >= 4 is 9.84 Å². The fraction of sp³-hybridized carbons (Fsp3) is 0.286. The molecule has 1 aromatic heterocycles. The van der Waals surface area contributed by atoms with Crippen LogP contribution in [0.2, 0.25) is 0 Å². The van der Waals surface area contributed by atoms with Gasteiger partial charge in [0.2, 0.25) is 0 Å². The number of nitrogens with zero attached hydrogens (tertiary/aromatic N) is 2. The number of rotatable bonds is 5. The van der Waals surface area contributed by atoms with Gasteiger partial charge >= 0.3 is 0 Å². The zero-order chi connectivity index (χ0) is 19.7. The van der Waals surface area contributed by atoms with Crippen molar-refractivity contribution in [3.05, 3.63) is 71.7 Å². The number of halogens is 1. The third-order valence-electron chi connectivity index (χ3n) is 4.99. The molecule has 1 N–H and O–H groups in total. The van der Waals surface area contributed by atoms with E-state index in [0.717, 1.165) is 28.1 Å². The Morgan fingerprint density at radius 3 is 2.68 bits per heavy atom. The van der Waals surface area contributed by atoms with Crippen molar-refractivity contribution in [3.63, 3.8) is 0 Å². The minimum Gasteiger partial charge on any atom is -0.309 e. The molecule has 1 unspecified atom stereocenters.